The number of rotatable bonds is 5. The Balaban J connectivity index is 1.84. The molecule has 1 aromatic carbocycles. The van der Waals surface area contributed by atoms with E-state index in [9.17, 15) is 4.79 Å². The first-order valence-electron chi connectivity index (χ1n) is 6.53. The number of aryl methyl sites for hydroxylation is 1. The van der Waals surface area contributed by atoms with Crippen molar-refractivity contribution < 1.29 is 9.53 Å². The van der Waals surface area contributed by atoms with Gasteiger partial charge in [-0.25, -0.2) is 0 Å². The molecule has 1 aromatic rings. The van der Waals surface area contributed by atoms with Crippen LogP contribution in [-0.4, -0.2) is 43.2 Å². The van der Waals surface area contributed by atoms with Crippen molar-refractivity contribution in [1.29, 1.82) is 0 Å². The molecule has 1 amide bonds. The quantitative estimate of drug-likeness (QED) is 0.893. The molecule has 1 aliphatic heterocycles. The Morgan fingerprint density at radius 1 is 1.47 bits per heavy atom. The van der Waals surface area contributed by atoms with Crippen LogP contribution >= 0.6 is 15.9 Å². The van der Waals surface area contributed by atoms with E-state index in [1.165, 1.54) is 5.56 Å². The van der Waals surface area contributed by atoms with Crippen LogP contribution in [0, 0.1) is 0 Å². The fraction of sp³-hybridized carbons (Fsp3) is 0.500. The summed E-state index contributed by atoms with van der Waals surface area (Å²) in [5, 5.41) is 0. The molecule has 1 fully saturated rings. The largest absolute Gasteiger partial charge is 0.378 e. The number of ether oxygens (including phenoxy) is 1. The van der Waals surface area contributed by atoms with E-state index in [1.807, 2.05) is 12.1 Å². The predicted molar refractivity (Wildman–Crippen MR) is 77.8 cm³/mol. The number of benzene rings is 1. The average molecular weight is 327 g/mol. The molecule has 0 unspecified atom stereocenters. The SMILES string of the molecule is NC(=O)[C@H]1COCCN1CCCc1ccccc1Br. The van der Waals surface area contributed by atoms with Crippen LogP contribution in [0.1, 0.15) is 12.0 Å². The fourth-order valence-electron chi connectivity index (χ4n) is 2.34. The van der Waals surface area contributed by atoms with Crippen molar-refractivity contribution in [3.63, 3.8) is 0 Å². The van der Waals surface area contributed by atoms with Gasteiger partial charge in [0.1, 0.15) is 6.04 Å². The molecule has 0 bridgehead atoms. The van der Waals surface area contributed by atoms with E-state index in [0.717, 1.165) is 30.4 Å². The third-order valence-electron chi connectivity index (χ3n) is 3.42. The maximum absolute atomic E-state index is 11.3. The van der Waals surface area contributed by atoms with Gasteiger partial charge in [-0.15, -0.1) is 0 Å². The third kappa shape index (κ3) is 4.03. The number of hydrogen-bond acceptors (Lipinski definition) is 3. The molecule has 0 aliphatic carbocycles. The molecule has 5 heteroatoms. The summed E-state index contributed by atoms with van der Waals surface area (Å²) in [7, 11) is 0. The van der Waals surface area contributed by atoms with E-state index in [2.05, 4.69) is 33.0 Å². The first kappa shape index (κ1) is 14.5. The minimum absolute atomic E-state index is 0.270. The Morgan fingerprint density at radius 3 is 3.00 bits per heavy atom. The summed E-state index contributed by atoms with van der Waals surface area (Å²) in [4.78, 5) is 13.5. The Bertz CT molecular complexity index is 439. The molecule has 1 aliphatic rings. The van der Waals surface area contributed by atoms with Crippen LogP contribution in [0.2, 0.25) is 0 Å². The fourth-order valence-corrected chi connectivity index (χ4v) is 2.82. The van der Waals surface area contributed by atoms with E-state index >= 15 is 0 Å². The Morgan fingerprint density at radius 2 is 2.26 bits per heavy atom. The first-order valence-corrected chi connectivity index (χ1v) is 7.32. The molecule has 104 valence electrons. The number of nitrogens with zero attached hydrogens (tertiary/aromatic N) is 1. The zero-order valence-electron chi connectivity index (χ0n) is 10.8. The van der Waals surface area contributed by atoms with Crippen molar-refractivity contribution in [3.8, 4) is 0 Å². The topological polar surface area (TPSA) is 55.6 Å². The second kappa shape index (κ2) is 7.03. The lowest BCUT2D eigenvalue weighted by molar-refractivity contribution is -0.129. The number of morpholine rings is 1. The van der Waals surface area contributed by atoms with E-state index in [0.29, 0.717) is 13.2 Å². The Labute approximate surface area is 122 Å². The molecule has 0 radical (unpaired) electrons. The molecule has 4 nitrogen and oxygen atoms in total. The lowest BCUT2D eigenvalue weighted by Gasteiger charge is -2.33. The van der Waals surface area contributed by atoms with Crippen LogP contribution in [0.25, 0.3) is 0 Å². The lowest BCUT2D eigenvalue weighted by Crippen LogP contribution is -2.52. The van der Waals surface area contributed by atoms with Crippen molar-refractivity contribution in [2.45, 2.75) is 18.9 Å². The molecule has 1 saturated heterocycles. The lowest BCUT2D eigenvalue weighted by atomic mass is 10.1. The van der Waals surface area contributed by atoms with Gasteiger partial charge in [-0.3, -0.25) is 9.69 Å². The normalized spacial score (nSPS) is 20.4. The Hall–Kier alpha value is -0.910. The number of amides is 1. The molecular formula is C14H19BrN2O2. The van der Waals surface area contributed by atoms with E-state index < -0.39 is 0 Å². The van der Waals surface area contributed by atoms with Gasteiger partial charge in [-0.1, -0.05) is 34.1 Å². The standard InChI is InChI=1S/C14H19BrN2O2/c15-12-6-2-1-4-11(12)5-3-7-17-8-9-19-10-13(17)14(16)18/h1-2,4,6,13H,3,5,7-10H2,(H2,16,18)/t13-/m1/s1. The highest BCUT2D eigenvalue weighted by molar-refractivity contribution is 9.10. The highest BCUT2D eigenvalue weighted by atomic mass is 79.9. The van der Waals surface area contributed by atoms with Gasteiger partial charge < -0.3 is 10.5 Å². The zero-order valence-corrected chi connectivity index (χ0v) is 12.4. The summed E-state index contributed by atoms with van der Waals surface area (Å²) in [5.74, 6) is -0.291. The van der Waals surface area contributed by atoms with Gasteiger partial charge in [0.15, 0.2) is 0 Å². The van der Waals surface area contributed by atoms with Gasteiger partial charge in [0.05, 0.1) is 13.2 Å². The molecule has 1 atom stereocenters. The molecule has 0 saturated carbocycles. The maximum Gasteiger partial charge on any atom is 0.237 e. The average Bonchev–Trinajstić information content (AvgIpc) is 2.41. The highest BCUT2D eigenvalue weighted by Gasteiger charge is 2.26. The van der Waals surface area contributed by atoms with Crippen LogP contribution in [0.5, 0.6) is 0 Å². The Kier molecular flexibility index (Phi) is 5.36. The summed E-state index contributed by atoms with van der Waals surface area (Å²) in [5.41, 5.74) is 6.69. The number of carbonyl (C=O) groups is 1. The third-order valence-corrected chi connectivity index (χ3v) is 4.19. The number of hydrogen-bond donors (Lipinski definition) is 1. The number of halogens is 1. The summed E-state index contributed by atoms with van der Waals surface area (Å²) in [6, 6.07) is 7.96. The van der Waals surface area contributed by atoms with Crippen LogP contribution in [-0.2, 0) is 16.0 Å². The van der Waals surface area contributed by atoms with Gasteiger partial charge >= 0.3 is 0 Å². The van der Waals surface area contributed by atoms with Crippen LogP contribution < -0.4 is 5.73 Å². The summed E-state index contributed by atoms with van der Waals surface area (Å²) < 4.78 is 6.45. The second-order valence-electron chi connectivity index (χ2n) is 4.72. The zero-order chi connectivity index (χ0) is 13.7. The van der Waals surface area contributed by atoms with Crippen LogP contribution in [0.3, 0.4) is 0 Å². The predicted octanol–water partition coefficient (Wildman–Crippen LogP) is 1.57. The highest BCUT2D eigenvalue weighted by Crippen LogP contribution is 2.18. The van der Waals surface area contributed by atoms with Crippen molar-refractivity contribution in [1.82, 2.24) is 4.90 Å². The minimum atomic E-state index is -0.291. The molecule has 1 heterocycles. The van der Waals surface area contributed by atoms with Crippen LogP contribution in [0.15, 0.2) is 28.7 Å². The van der Waals surface area contributed by atoms with Gasteiger partial charge in [0.2, 0.25) is 5.91 Å². The van der Waals surface area contributed by atoms with Crippen molar-refractivity contribution in [2.75, 3.05) is 26.3 Å². The van der Waals surface area contributed by atoms with Gasteiger partial charge in [0, 0.05) is 11.0 Å². The van der Waals surface area contributed by atoms with E-state index in [4.69, 9.17) is 10.5 Å². The monoisotopic (exact) mass is 326 g/mol. The number of nitrogens with two attached hydrogens (primary N) is 1. The summed E-state index contributed by atoms with van der Waals surface area (Å²) >= 11 is 3.55. The molecule has 2 N–H and O–H groups in total. The molecule has 19 heavy (non-hydrogen) atoms. The molecular weight excluding hydrogens is 308 g/mol. The minimum Gasteiger partial charge on any atom is -0.378 e. The smallest absolute Gasteiger partial charge is 0.237 e. The molecule has 0 aromatic heterocycles. The van der Waals surface area contributed by atoms with Gasteiger partial charge in [-0.2, -0.15) is 0 Å². The van der Waals surface area contributed by atoms with E-state index in [1.54, 1.807) is 0 Å². The number of primary amides is 1. The van der Waals surface area contributed by atoms with Crippen molar-refractivity contribution >= 4 is 21.8 Å². The van der Waals surface area contributed by atoms with E-state index in [-0.39, 0.29) is 11.9 Å². The maximum atomic E-state index is 11.3. The van der Waals surface area contributed by atoms with Crippen molar-refractivity contribution in [2.24, 2.45) is 5.73 Å². The number of carbonyl (C=O) groups excluding carboxylic acids is 1. The molecule has 2 rings (SSSR count). The first-order chi connectivity index (χ1) is 9.18. The van der Waals surface area contributed by atoms with Gasteiger partial charge in [-0.05, 0) is 31.0 Å². The van der Waals surface area contributed by atoms with Crippen LogP contribution in [0.4, 0.5) is 0 Å². The summed E-state index contributed by atoms with van der Waals surface area (Å²) in [6.45, 7) is 2.76. The second-order valence-corrected chi connectivity index (χ2v) is 5.58. The van der Waals surface area contributed by atoms with Crippen molar-refractivity contribution in [3.05, 3.63) is 34.3 Å². The molecule has 0 spiro atoms. The van der Waals surface area contributed by atoms with Gasteiger partial charge in [0.25, 0.3) is 0 Å². The summed E-state index contributed by atoms with van der Waals surface area (Å²) in [6.07, 6.45) is 2.00.